The highest BCUT2D eigenvalue weighted by atomic mass is 16.7. The third-order valence-corrected chi connectivity index (χ3v) is 7.72. The zero-order valence-corrected chi connectivity index (χ0v) is 17.3. The first kappa shape index (κ1) is 21.6. The average molecular weight is 414 g/mol. The standard InChI is InChI=1S/C21H34O8/c1-19(2,29-18-17(26)16(25)15(24)12(9-22)28-18)11-4-7-21-10-27-20(3,13(21)8-11)6-5-14(21)23/h8,11-12,14-18,22-26H,4-7,9-10H2,1-3H3/t11-,12+,14+,15-,16+,17+,18+,20-,21-/m1/s1. The van der Waals surface area contributed by atoms with Crippen LogP contribution in [-0.4, -0.2) is 86.8 Å². The van der Waals surface area contributed by atoms with E-state index in [-0.39, 0.29) is 16.9 Å². The normalized spacial score (nSPS) is 50.2. The van der Waals surface area contributed by atoms with Gasteiger partial charge in [0, 0.05) is 11.3 Å². The van der Waals surface area contributed by atoms with Gasteiger partial charge in [0.05, 0.1) is 30.5 Å². The zero-order chi connectivity index (χ0) is 21.2. The quantitative estimate of drug-likeness (QED) is 0.402. The lowest BCUT2D eigenvalue weighted by molar-refractivity contribution is -0.327. The van der Waals surface area contributed by atoms with Crippen LogP contribution in [0, 0.1) is 11.3 Å². The molecule has 1 saturated carbocycles. The van der Waals surface area contributed by atoms with Gasteiger partial charge in [-0.05, 0) is 52.0 Å². The third kappa shape index (κ3) is 3.29. The van der Waals surface area contributed by atoms with Crippen LogP contribution in [0.1, 0.15) is 46.5 Å². The topological polar surface area (TPSA) is 129 Å². The van der Waals surface area contributed by atoms with Crippen molar-refractivity contribution in [1.29, 1.82) is 0 Å². The van der Waals surface area contributed by atoms with Crippen molar-refractivity contribution in [2.75, 3.05) is 13.2 Å². The van der Waals surface area contributed by atoms with E-state index < -0.39 is 49.0 Å². The first-order chi connectivity index (χ1) is 13.5. The Balaban J connectivity index is 1.56. The third-order valence-electron chi connectivity index (χ3n) is 7.72. The molecule has 0 amide bonds. The molecule has 0 unspecified atom stereocenters. The van der Waals surface area contributed by atoms with Gasteiger partial charge < -0.3 is 39.7 Å². The van der Waals surface area contributed by atoms with E-state index in [0.717, 1.165) is 31.3 Å². The van der Waals surface area contributed by atoms with Crippen LogP contribution in [0.3, 0.4) is 0 Å². The van der Waals surface area contributed by atoms with Crippen molar-refractivity contribution in [2.24, 2.45) is 11.3 Å². The van der Waals surface area contributed by atoms with Crippen molar-refractivity contribution < 1.29 is 39.7 Å². The molecule has 3 fully saturated rings. The van der Waals surface area contributed by atoms with E-state index in [1.54, 1.807) is 0 Å². The van der Waals surface area contributed by atoms with Crippen molar-refractivity contribution in [2.45, 2.75) is 94.5 Å². The summed E-state index contributed by atoms with van der Waals surface area (Å²) in [5, 5.41) is 50.5. The van der Waals surface area contributed by atoms with Crippen LogP contribution in [0.5, 0.6) is 0 Å². The van der Waals surface area contributed by atoms with E-state index in [2.05, 4.69) is 13.0 Å². The van der Waals surface area contributed by atoms with Crippen LogP contribution in [0.15, 0.2) is 11.6 Å². The van der Waals surface area contributed by atoms with Crippen molar-refractivity contribution in [3.8, 4) is 0 Å². The molecule has 5 N–H and O–H groups in total. The Bertz CT molecular complexity index is 663. The predicted molar refractivity (Wildman–Crippen MR) is 102 cm³/mol. The molecule has 0 aromatic carbocycles. The minimum absolute atomic E-state index is 0.00989. The number of aliphatic hydroxyl groups is 5. The molecule has 0 aromatic heterocycles. The van der Waals surface area contributed by atoms with Crippen LogP contribution in [-0.2, 0) is 14.2 Å². The van der Waals surface area contributed by atoms with E-state index in [1.807, 2.05) is 13.8 Å². The Kier molecular flexibility index (Phi) is 5.40. The molecule has 0 spiro atoms. The molecule has 0 aromatic rings. The van der Waals surface area contributed by atoms with Gasteiger partial charge in [-0.3, -0.25) is 0 Å². The molecule has 2 heterocycles. The second-order valence-electron chi connectivity index (χ2n) is 9.87. The van der Waals surface area contributed by atoms with Gasteiger partial charge in [0.15, 0.2) is 6.29 Å². The van der Waals surface area contributed by atoms with E-state index in [9.17, 15) is 25.5 Å². The van der Waals surface area contributed by atoms with E-state index in [1.165, 1.54) is 0 Å². The van der Waals surface area contributed by atoms with Crippen molar-refractivity contribution >= 4 is 0 Å². The van der Waals surface area contributed by atoms with Crippen molar-refractivity contribution in [1.82, 2.24) is 0 Å². The maximum atomic E-state index is 10.7. The fourth-order valence-electron chi connectivity index (χ4n) is 5.65. The Hall–Kier alpha value is -0.580. The van der Waals surface area contributed by atoms with E-state index in [4.69, 9.17) is 14.2 Å². The molecule has 8 nitrogen and oxygen atoms in total. The summed E-state index contributed by atoms with van der Waals surface area (Å²) in [4.78, 5) is 0. The molecule has 2 aliphatic heterocycles. The van der Waals surface area contributed by atoms with Gasteiger partial charge in [-0.2, -0.15) is 0 Å². The molecule has 0 radical (unpaired) electrons. The van der Waals surface area contributed by atoms with Gasteiger partial charge in [-0.1, -0.05) is 6.08 Å². The molecular formula is C21H34O8. The first-order valence-electron chi connectivity index (χ1n) is 10.6. The molecule has 4 aliphatic rings. The van der Waals surface area contributed by atoms with Crippen LogP contribution in [0.2, 0.25) is 0 Å². The largest absolute Gasteiger partial charge is 0.394 e. The molecule has 29 heavy (non-hydrogen) atoms. The van der Waals surface area contributed by atoms with Gasteiger partial charge in [-0.25, -0.2) is 0 Å². The number of ether oxygens (including phenoxy) is 3. The second-order valence-corrected chi connectivity index (χ2v) is 9.87. The van der Waals surface area contributed by atoms with E-state index in [0.29, 0.717) is 6.61 Å². The Labute approximate surface area is 171 Å². The van der Waals surface area contributed by atoms with Crippen molar-refractivity contribution in [3.05, 3.63) is 11.6 Å². The molecule has 4 rings (SSSR count). The van der Waals surface area contributed by atoms with E-state index >= 15 is 0 Å². The smallest absolute Gasteiger partial charge is 0.187 e. The molecule has 2 saturated heterocycles. The lowest BCUT2D eigenvalue weighted by Gasteiger charge is -2.49. The highest BCUT2D eigenvalue weighted by molar-refractivity contribution is 5.36. The van der Waals surface area contributed by atoms with Crippen LogP contribution in [0.25, 0.3) is 0 Å². The summed E-state index contributed by atoms with van der Waals surface area (Å²) in [6.45, 7) is 5.93. The maximum Gasteiger partial charge on any atom is 0.187 e. The summed E-state index contributed by atoms with van der Waals surface area (Å²) in [6.07, 6.45) is -1.62. The van der Waals surface area contributed by atoms with Crippen LogP contribution < -0.4 is 0 Å². The minimum Gasteiger partial charge on any atom is -0.394 e. The molecule has 9 atom stereocenters. The Morgan fingerprint density at radius 2 is 1.83 bits per heavy atom. The van der Waals surface area contributed by atoms with Gasteiger partial charge in [0.25, 0.3) is 0 Å². The molecule has 8 heteroatoms. The average Bonchev–Trinajstić information content (AvgIpc) is 2.93. The lowest BCUT2D eigenvalue weighted by Crippen LogP contribution is -2.61. The number of aliphatic hydroxyl groups excluding tert-OH is 5. The number of hydrogen-bond acceptors (Lipinski definition) is 8. The predicted octanol–water partition coefficient (Wildman–Crippen LogP) is -0.152. The summed E-state index contributed by atoms with van der Waals surface area (Å²) in [5.74, 6) is -0.00989. The molecule has 166 valence electrons. The van der Waals surface area contributed by atoms with Crippen molar-refractivity contribution in [3.63, 3.8) is 0 Å². The molecular weight excluding hydrogens is 380 g/mol. The van der Waals surface area contributed by atoms with Gasteiger partial charge >= 0.3 is 0 Å². The zero-order valence-electron chi connectivity index (χ0n) is 17.3. The summed E-state index contributed by atoms with van der Waals surface area (Å²) in [5.41, 5.74) is -0.286. The van der Waals surface area contributed by atoms with Gasteiger partial charge in [-0.15, -0.1) is 0 Å². The maximum absolute atomic E-state index is 10.7. The summed E-state index contributed by atoms with van der Waals surface area (Å²) in [6, 6.07) is 0. The van der Waals surface area contributed by atoms with Gasteiger partial charge in [0.1, 0.15) is 24.4 Å². The minimum atomic E-state index is -1.47. The summed E-state index contributed by atoms with van der Waals surface area (Å²) < 4.78 is 17.8. The molecule has 2 bridgehead atoms. The van der Waals surface area contributed by atoms with Crippen LogP contribution in [0.4, 0.5) is 0 Å². The fraction of sp³-hybridized carbons (Fsp3) is 0.905. The monoisotopic (exact) mass is 414 g/mol. The number of rotatable bonds is 4. The number of hydrogen-bond donors (Lipinski definition) is 5. The first-order valence-corrected chi connectivity index (χ1v) is 10.6. The molecule has 2 aliphatic carbocycles. The van der Waals surface area contributed by atoms with Crippen LogP contribution >= 0.6 is 0 Å². The summed E-state index contributed by atoms with van der Waals surface area (Å²) in [7, 11) is 0. The second kappa shape index (κ2) is 7.24. The SMILES string of the molecule is CC(C)(O[C@@H]1O[C@@H](CO)[C@@H](O)[C@H](O)[C@@H]1O)[C@H]1C=C2[C@@]3(CC1)CO[C@]2(C)CC[C@@H]3O. The van der Waals surface area contributed by atoms with Gasteiger partial charge in [0.2, 0.25) is 0 Å². The highest BCUT2D eigenvalue weighted by Crippen LogP contribution is 2.59. The highest BCUT2D eigenvalue weighted by Gasteiger charge is 2.60. The Morgan fingerprint density at radius 3 is 2.52 bits per heavy atom. The Morgan fingerprint density at radius 1 is 1.10 bits per heavy atom. The summed E-state index contributed by atoms with van der Waals surface area (Å²) >= 11 is 0. The lowest BCUT2D eigenvalue weighted by atomic mass is 9.58. The fourth-order valence-corrected chi connectivity index (χ4v) is 5.65.